The summed E-state index contributed by atoms with van der Waals surface area (Å²) in [6.45, 7) is 0. The number of benzene rings is 1. The molecule has 0 spiro atoms. The number of hydrogen-bond acceptors (Lipinski definition) is 3. The summed E-state index contributed by atoms with van der Waals surface area (Å²) in [6.07, 6.45) is 0. The summed E-state index contributed by atoms with van der Waals surface area (Å²) in [5.74, 6) is -1.54. The van der Waals surface area contributed by atoms with Crippen LogP contribution in [-0.4, -0.2) is 16.2 Å². The van der Waals surface area contributed by atoms with E-state index in [-0.39, 0.29) is 5.56 Å². The molecule has 5 heteroatoms. The predicted octanol–water partition coefficient (Wildman–Crippen LogP) is 2.03. The molecule has 68 valence electrons. The molecule has 0 aliphatic carbocycles. The fourth-order valence-corrected chi connectivity index (χ4v) is 0.904. The van der Waals surface area contributed by atoms with Crippen molar-refractivity contribution in [1.29, 1.82) is 0 Å². The number of hydrogen-bond donors (Lipinski definition) is 1. The van der Waals surface area contributed by atoms with Crippen LogP contribution in [-0.2, 0) is 0 Å². The highest BCUT2D eigenvalue weighted by Crippen LogP contribution is 2.09. The van der Waals surface area contributed by atoms with E-state index in [0.29, 0.717) is 0 Å². The normalized spacial score (nSPS) is 11.4. The van der Waals surface area contributed by atoms with Gasteiger partial charge in [-0.1, -0.05) is 28.9 Å². The lowest BCUT2D eigenvalue weighted by Gasteiger charge is -1.97. The fraction of sp³-hybridized carbons (Fsp3) is 0. The highest BCUT2D eigenvalue weighted by atomic mass is 35.5. The van der Waals surface area contributed by atoms with Crippen LogP contribution in [0.3, 0.4) is 0 Å². The Bertz CT molecular complexity index is 365. The Labute approximate surface area is 78.4 Å². The van der Waals surface area contributed by atoms with Crippen molar-refractivity contribution in [3.8, 4) is 0 Å². The van der Waals surface area contributed by atoms with Gasteiger partial charge in [0.25, 0.3) is 0 Å². The lowest BCUT2D eigenvalue weighted by Crippen LogP contribution is -2.09. The van der Waals surface area contributed by atoms with E-state index in [9.17, 15) is 9.18 Å². The molecule has 0 aliphatic rings. The molecule has 0 aromatic heterocycles. The van der Waals surface area contributed by atoms with Crippen LogP contribution in [0.2, 0.25) is 0 Å². The summed E-state index contributed by atoms with van der Waals surface area (Å²) in [6, 6.07) is 5.30. The number of carbonyl (C=O) groups is 1. The lowest BCUT2D eigenvalue weighted by atomic mass is 10.1. The number of ketones is 1. The van der Waals surface area contributed by atoms with E-state index in [0.717, 1.165) is 6.07 Å². The van der Waals surface area contributed by atoms with Crippen molar-refractivity contribution in [2.24, 2.45) is 5.16 Å². The third-order valence-corrected chi connectivity index (χ3v) is 1.64. The SMILES string of the molecule is O=C(/C(Cl)=N/O)c1ccccc1F. The van der Waals surface area contributed by atoms with E-state index < -0.39 is 16.8 Å². The minimum Gasteiger partial charge on any atom is -0.410 e. The van der Waals surface area contributed by atoms with Gasteiger partial charge in [-0.05, 0) is 12.1 Å². The maximum Gasteiger partial charge on any atom is 0.229 e. The third-order valence-electron chi connectivity index (χ3n) is 1.39. The molecule has 0 radical (unpaired) electrons. The molecule has 1 aromatic rings. The van der Waals surface area contributed by atoms with Crippen molar-refractivity contribution >= 4 is 22.6 Å². The first-order valence-corrected chi connectivity index (χ1v) is 3.71. The van der Waals surface area contributed by atoms with Crippen LogP contribution in [0.25, 0.3) is 0 Å². The van der Waals surface area contributed by atoms with E-state index in [1.165, 1.54) is 18.2 Å². The van der Waals surface area contributed by atoms with Crippen LogP contribution in [0, 0.1) is 5.82 Å². The lowest BCUT2D eigenvalue weighted by molar-refractivity contribution is 0.106. The molecule has 13 heavy (non-hydrogen) atoms. The predicted molar refractivity (Wildman–Crippen MR) is 45.8 cm³/mol. The van der Waals surface area contributed by atoms with Crippen LogP contribution in [0.1, 0.15) is 10.4 Å². The molecule has 0 aliphatic heterocycles. The Balaban J connectivity index is 3.10. The topological polar surface area (TPSA) is 49.7 Å². The molecule has 0 amide bonds. The standard InChI is InChI=1S/C8H5ClFNO2/c9-8(11-13)7(12)5-3-1-2-4-6(5)10/h1-4,13H/b11-8-. The monoisotopic (exact) mass is 201 g/mol. The molecular formula is C8H5ClFNO2. The van der Waals surface area contributed by atoms with Crippen molar-refractivity contribution in [2.75, 3.05) is 0 Å². The van der Waals surface area contributed by atoms with Gasteiger partial charge in [0.1, 0.15) is 5.82 Å². The summed E-state index contributed by atoms with van der Waals surface area (Å²) >= 11 is 5.21. The maximum absolute atomic E-state index is 12.9. The minimum absolute atomic E-state index is 0.217. The highest BCUT2D eigenvalue weighted by Gasteiger charge is 2.15. The largest absolute Gasteiger partial charge is 0.410 e. The third kappa shape index (κ3) is 2.03. The van der Waals surface area contributed by atoms with Gasteiger partial charge in [0.2, 0.25) is 11.0 Å². The van der Waals surface area contributed by atoms with Gasteiger partial charge in [0, 0.05) is 0 Å². The molecule has 3 nitrogen and oxygen atoms in total. The molecule has 1 rings (SSSR count). The fourth-order valence-electron chi connectivity index (χ4n) is 0.802. The molecule has 1 aromatic carbocycles. The van der Waals surface area contributed by atoms with Crippen LogP contribution >= 0.6 is 11.6 Å². The van der Waals surface area contributed by atoms with Crippen LogP contribution in [0.5, 0.6) is 0 Å². The first-order valence-electron chi connectivity index (χ1n) is 3.33. The molecule has 0 fully saturated rings. The molecular weight excluding hydrogens is 197 g/mol. The second kappa shape index (κ2) is 4.00. The van der Waals surface area contributed by atoms with Crippen molar-refractivity contribution < 1.29 is 14.4 Å². The smallest absolute Gasteiger partial charge is 0.229 e. The zero-order valence-corrected chi connectivity index (χ0v) is 7.12. The Morgan fingerprint density at radius 3 is 2.62 bits per heavy atom. The molecule has 0 saturated heterocycles. The summed E-state index contributed by atoms with van der Waals surface area (Å²) in [7, 11) is 0. The maximum atomic E-state index is 12.9. The van der Waals surface area contributed by atoms with E-state index in [1.807, 2.05) is 0 Å². The van der Waals surface area contributed by atoms with Gasteiger partial charge in [0.15, 0.2) is 0 Å². The number of carbonyl (C=O) groups excluding carboxylic acids is 1. The van der Waals surface area contributed by atoms with Gasteiger partial charge >= 0.3 is 0 Å². The van der Waals surface area contributed by atoms with Crippen molar-refractivity contribution in [2.45, 2.75) is 0 Å². The van der Waals surface area contributed by atoms with Gasteiger partial charge in [-0.15, -0.1) is 0 Å². The minimum atomic E-state index is -0.845. The van der Waals surface area contributed by atoms with Crippen molar-refractivity contribution in [1.82, 2.24) is 0 Å². The Morgan fingerprint density at radius 2 is 2.08 bits per heavy atom. The van der Waals surface area contributed by atoms with E-state index in [1.54, 1.807) is 0 Å². The molecule has 0 bridgehead atoms. The van der Waals surface area contributed by atoms with Crippen LogP contribution in [0.4, 0.5) is 4.39 Å². The molecule has 0 atom stereocenters. The molecule has 0 unspecified atom stereocenters. The highest BCUT2D eigenvalue weighted by molar-refractivity contribution is 6.84. The first-order chi connectivity index (χ1) is 6.16. The molecule has 0 heterocycles. The van der Waals surface area contributed by atoms with Crippen molar-refractivity contribution in [3.63, 3.8) is 0 Å². The Kier molecular flexibility index (Phi) is 2.97. The summed E-state index contributed by atoms with van der Waals surface area (Å²) < 4.78 is 12.9. The zero-order valence-electron chi connectivity index (χ0n) is 6.37. The van der Waals surface area contributed by atoms with Gasteiger partial charge in [-0.3, -0.25) is 4.79 Å². The van der Waals surface area contributed by atoms with Gasteiger partial charge in [-0.2, -0.15) is 0 Å². The number of halogens is 2. The second-order valence-corrected chi connectivity index (χ2v) is 2.56. The zero-order chi connectivity index (χ0) is 9.84. The molecule has 0 saturated carbocycles. The van der Waals surface area contributed by atoms with Crippen molar-refractivity contribution in [3.05, 3.63) is 35.6 Å². The van der Waals surface area contributed by atoms with Gasteiger partial charge in [0.05, 0.1) is 5.56 Å². The summed E-state index contributed by atoms with van der Waals surface area (Å²) in [5, 5.41) is 9.98. The van der Waals surface area contributed by atoms with Gasteiger partial charge < -0.3 is 5.21 Å². The first kappa shape index (κ1) is 9.67. The van der Waals surface area contributed by atoms with Crippen LogP contribution in [0.15, 0.2) is 29.4 Å². The van der Waals surface area contributed by atoms with E-state index in [4.69, 9.17) is 16.8 Å². The Hall–Kier alpha value is -1.42. The molecule has 1 N–H and O–H groups in total. The van der Waals surface area contributed by atoms with E-state index in [2.05, 4.69) is 5.16 Å². The quantitative estimate of drug-likeness (QED) is 0.345. The van der Waals surface area contributed by atoms with E-state index >= 15 is 0 Å². The number of Topliss-reactive ketones (excluding diaryl/α,β-unsaturated/α-hetero) is 1. The number of oxime groups is 1. The average Bonchev–Trinajstić information content (AvgIpc) is 2.16. The number of rotatable bonds is 2. The average molecular weight is 202 g/mol. The van der Waals surface area contributed by atoms with Gasteiger partial charge in [-0.25, -0.2) is 4.39 Å². The van der Waals surface area contributed by atoms with Crippen LogP contribution < -0.4 is 0 Å². The Morgan fingerprint density at radius 1 is 1.46 bits per heavy atom. The summed E-state index contributed by atoms with van der Waals surface area (Å²) in [4.78, 5) is 11.1. The number of nitrogens with zero attached hydrogens (tertiary/aromatic N) is 1. The second-order valence-electron chi connectivity index (χ2n) is 2.20. The summed E-state index contributed by atoms with van der Waals surface area (Å²) in [5.41, 5.74) is -0.217.